The van der Waals surface area contributed by atoms with Crippen molar-refractivity contribution in [3.63, 3.8) is 0 Å². The standard InChI is InChI=1S/C19H11N3O2S2/c23-11-24-17-10-26-19(20-17)22-15-7-3-1-6-13(15)18(21-22)14-9-25-16-8-4-2-5-12(14)16/h1-11H. The summed E-state index contributed by atoms with van der Waals surface area (Å²) in [4.78, 5) is 14.9. The Morgan fingerprint density at radius 2 is 1.77 bits per heavy atom. The predicted octanol–water partition coefficient (Wildman–Crippen LogP) is 4.90. The number of nitrogens with zero attached hydrogens (tertiary/aromatic N) is 3. The molecule has 0 aliphatic carbocycles. The molecule has 7 heteroatoms. The highest BCUT2D eigenvalue weighted by Crippen LogP contribution is 2.37. The quantitative estimate of drug-likeness (QED) is 0.418. The summed E-state index contributed by atoms with van der Waals surface area (Å²) in [5.74, 6) is 0.280. The van der Waals surface area contributed by atoms with Gasteiger partial charge in [0.15, 0.2) is 0 Å². The van der Waals surface area contributed by atoms with Crippen LogP contribution in [0.3, 0.4) is 0 Å². The molecule has 0 aliphatic heterocycles. The first-order chi connectivity index (χ1) is 12.8. The molecule has 126 valence electrons. The molecule has 5 nitrogen and oxygen atoms in total. The maximum absolute atomic E-state index is 10.5. The summed E-state index contributed by atoms with van der Waals surface area (Å²) in [6.07, 6.45) is 0. The highest BCUT2D eigenvalue weighted by atomic mass is 32.1. The molecule has 2 aromatic carbocycles. The molecule has 5 rings (SSSR count). The summed E-state index contributed by atoms with van der Waals surface area (Å²) >= 11 is 3.09. The molecule has 26 heavy (non-hydrogen) atoms. The minimum absolute atomic E-state index is 0.280. The maximum Gasteiger partial charge on any atom is 0.299 e. The van der Waals surface area contributed by atoms with Gasteiger partial charge in [0.2, 0.25) is 11.0 Å². The highest BCUT2D eigenvalue weighted by Gasteiger charge is 2.18. The van der Waals surface area contributed by atoms with Crippen molar-refractivity contribution in [2.45, 2.75) is 0 Å². The minimum atomic E-state index is 0.280. The molecule has 0 aliphatic rings. The Bertz CT molecular complexity index is 1250. The monoisotopic (exact) mass is 377 g/mol. The van der Waals surface area contributed by atoms with Crippen LogP contribution in [-0.2, 0) is 4.79 Å². The van der Waals surface area contributed by atoms with E-state index in [1.165, 1.54) is 21.4 Å². The average Bonchev–Trinajstić information content (AvgIpc) is 3.38. The summed E-state index contributed by atoms with van der Waals surface area (Å²) in [5, 5.41) is 11.6. The van der Waals surface area contributed by atoms with Gasteiger partial charge in [-0.1, -0.05) is 47.7 Å². The lowest BCUT2D eigenvalue weighted by Crippen LogP contribution is -1.96. The van der Waals surface area contributed by atoms with E-state index in [-0.39, 0.29) is 5.88 Å². The largest absolute Gasteiger partial charge is 0.409 e. The zero-order valence-electron chi connectivity index (χ0n) is 13.3. The molecule has 0 amide bonds. The van der Waals surface area contributed by atoms with Crippen LogP contribution in [-0.4, -0.2) is 21.2 Å². The number of hydrogen-bond donors (Lipinski definition) is 0. The Hall–Kier alpha value is -3.03. The van der Waals surface area contributed by atoms with Crippen molar-refractivity contribution in [2.75, 3.05) is 0 Å². The van der Waals surface area contributed by atoms with Gasteiger partial charge >= 0.3 is 0 Å². The fourth-order valence-corrected chi connectivity index (χ4v) is 4.66. The molecule has 0 N–H and O–H groups in total. The summed E-state index contributed by atoms with van der Waals surface area (Å²) in [7, 11) is 0. The van der Waals surface area contributed by atoms with E-state index in [2.05, 4.69) is 28.6 Å². The predicted molar refractivity (Wildman–Crippen MR) is 104 cm³/mol. The normalized spacial score (nSPS) is 11.2. The molecule has 5 aromatic rings. The number of benzene rings is 2. The lowest BCUT2D eigenvalue weighted by atomic mass is 10.1. The lowest BCUT2D eigenvalue weighted by Gasteiger charge is -1.97. The van der Waals surface area contributed by atoms with Crippen LogP contribution < -0.4 is 4.74 Å². The van der Waals surface area contributed by atoms with Gasteiger partial charge < -0.3 is 4.74 Å². The van der Waals surface area contributed by atoms with Crippen LogP contribution >= 0.6 is 22.7 Å². The SMILES string of the molecule is O=COc1csc(-n2nc(-c3csc4ccccc34)c3ccccc32)n1. The van der Waals surface area contributed by atoms with E-state index in [1.54, 1.807) is 21.4 Å². The molecule has 0 radical (unpaired) electrons. The number of rotatable bonds is 4. The molecule has 0 fully saturated rings. The molecule has 0 unspecified atom stereocenters. The van der Waals surface area contributed by atoms with Crippen molar-refractivity contribution in [1.29, 1.82) is 0 Å². The number of fused-ring (bicyclic) bond motifs is 2. The second-order valence-electron chi connectivity index (χ2n) is 5.61. The molecular weight excluding hydrogens is 366 g/mol. The average molecular weight is 377 g/mol. The Balaban J connectivity index is 1.75. The van der Waals surface area contributed by atoms with Gasteiger partial charge in [-0.2, -0.15) is 10.1 Å². The number of carbonyl (C=O) groups excluding carboxylic acids is 1. The zero-order valence-corrected chi connectivity index (χ0v) is 15.0. The van der Waals surface area contributed by atoms with E-state index in [4.69, 9.17) is 9.84 Å². The van der Waals surface area contributed by atoms with Gasteiger partial charge in [-0.3, -0.25) is 4.79 Å². The molecule has 0 bridgehead atoms. The number of thiazole rings is 1. The molecule has 3 heterocycles. The molecule has 0 saturated heterocycles. The molecule has 0 saturated carbocycles. The zero-order chi connectivity index (χ0) is 17.5. The van der Waals surface area contributed by atoms with E-state index in [1.807, 2.05) is 30.3 Å². The topological polar surface area (TPSA) is 57.0 Å². The van der Waals surface area contributed by atoms with Gasteiger partial charge in [-0.05, 0) is 12.1 Å². The summed E-state index contributed by atoms with van der Waals surface area (Å²) in [5.41, 5.74) is 3.00. The third-order valence-corrected chi connectivity index (χ3v) is 5.90. The van der Waals surface area contributed by atoms with Crippen molar-refractivity contribution < 1.29 is 9.53 Å². The molecule has 3 aromatic heterocycles. The number of aromatic nitrogens is 3. The van der Waals surface area contributed by atoms with E-state index >= 15 is 0 Å². The summed E-state index contributed by atoms with van der Waals surface area (Å²) in [6, 6.07) is 16.4. The van der Waals surface area contributed by atoms with Gasteiger partial charge in [0.1, 0.15) is 5.69 Å². The maximum atomic E-state index is 10.5. The van der Waals surface area contributed by atoms with Crippen LogP contribution in [0.2, 0.25) is 0 Å². The van der Waals surface area contributed by atoms with E-state index < -0.39 is 0 Å². The van der Waals surface area contributed by atoms with Gasteiger partial charge in [0.05, 0.1) is 10.9 Å². The first kappa shape index (κ1) is 15.2. The van der Waals surface area contributed by atoms with Crippen molar-refractivity contribution in [1.82, 2.24) is 14.8 Å². The molecular formula is C19H11N3O2S2. The van der Waals surface area contributed by atoms with Crippen LogP contribution in [0.1, 0.15) is 0 Å². The van der Waals surface area contributed by atoms with Crippen LogP contribution in [0.15, 0.2) is 59.3 Å². The molecule has 0 spiro atoms. The van der Waals surface area contributed by atoms with Crippen molar-refractivity contribution in [3.8, 4) is 22.3 Å². The third-order valence-electron chi connectivity index (χ3n) is 4.14. The second-order valence-corrected chi connectivity index (χ2v) is 7.35. The third kappa shape index (κ3) is 2.33. The first-order valence-corrected chi connectivity index (χ1v) is 9.61. The number of thiophene rings is 1. The molecule has 0 atom stereocenters. The number of carbonyl (C=O) groups is 1. The van der Waals surface area contributed by atoms with Gasteiger partial charge in [-0.25, -0.2) is 4.68 Å². The van der Waals surface area contributed by atoms with E-state index in [0.717, 1.165) is 22.2 Å². The van der Waals surface area contributed by atoms with Crippen LogP contribution in [0.25, 0.3) is 37.4 Å². The van der Waals surface area contributed by atoms with E-state index in [9.17, 15) is 4.79 Å². The highest BCUT2D eigenvalue weighted by molar-refractivity contribution is 7.17. The summed E-state index contributed by atoms with van der Waals surface area (Å²) in [6.45, 7) is 0.378. The lowest BCUT2D eigenvalue weighted by molar-refractivity contribution is -0.120. The van der Waals surface area contributed by atoms with Crippen LogP contribution in [0, 0.1) is 0 Å². The number of hydrogen-bond acceptors (Lipinski definition) is 6. The number of para-hydroxylation sites is 1. The van der Waals surface area contributed by atoms with Crippen molar-refractivity contribution in [3.05, 3.63) is 59.3 Å². The Kier molecular flexibility index (Phi) is 3.55. The Labute approximate surface area is 156 Å². The van der Waals surface area contributed by atoms with Crippen LogP contribution in [0.4, 0.5) is 0 Å². The van der Waals surface area contributed by atoms with Gasteiger partial charge in [-0.15, -0.1) is 11.3 Å². The van der Waals surface area contributed by atoms with Crippen molar-refractivity contribution in [2.24, 2.45) is 0 Å². The first-order valence-electron chi connectivity index (χ1n) is 7.86. The van der Waals surface area contributed by atoms with Gasteiger partial charge in [0, 0.05) is 26.4 Å². The second kappa shape index (κ2) is 6.05. The fourth-order valence-electron chi connectivity index (χ4n) is 3.02. The smallest absolute Gasteiger partial charge is 0.299 e. The van der Waals surface area contributed by atoms with Gasteiger partial charge in [0.25, 0.3) is 6.47 Å². The minimum Gasteiger partial charge on any atom is -0.409 e. The number of ether oxygens (including phenoxy) is 1. The Morgan fingerprint density at radius 3 is 2.65 bits per heavy atom. The fraction of sp³-hybridized carbons (Fsp3) is 0. The Morgan fingerprint density at radius 1 is 0.962 bits per heavy atom. The van der Waals surface area contributed by atoms with Crippen molar-refractivity contribution >= 4 is 50.1 Å². The summed E-state index contributed by atoms with van der Waals surface area (Å²) < 4.78 is 7.87. The van der Waals surface area contributed by atoms with Crippen LogP contribution in [0.5, 0.6) is 5.88 Å². The van der Waals surface area contributed by atoms with E-state index in [0.29, 0.717) is 11.6 Å².